The molecule has 120 valence electrons. The number of hydrogen-bond acceptors (Lipinski definition) is 2. The molecule has 0 saturated carbocycles. The molecule has 0 radical (unpaired) electrons. The molecule has 3 N–H and O–H groups in total. The highest BCUT2D eigenvalue weighted by atomic mass is 127. The van der Waals surface area contributed by atoms with E-state index in [2.05, 4.69) is 50.1 Å². The molecule has 0 bridgehead atoms. The molecular formula is C16H28IN3O. The van der Waals surface area contributed by atoms with E-state index in [1.165, 1.54) is 5.56 Å². The van der Waals surface area contributed by atoms with Crippen molar-refractivity contribution in [2.75, 3.05) is 13.2 Å². The zero-order valence-electron chi connectivity index (χ0n) is 13.5. The lowest BCUT2D eigenvalue weighted by Crippen LogP contribution is -2.45. The van der Waals surface area contributed by atoms with Crippen LogP contribution in [0.25, 0.3) is 0 Å². The van der Waals surface area contributed by atoms with Crippen molar-refractivity contribution in [1.29, 1.82) is 0 Å². The van der Waals surface area contributed by atoms with Crippen LogP contribution in [0.1, 0.15) is 39.2 Å². The van der Waals surface area contributed by atoms with Crippen molar-refractivity contribution >= 4 is 29.9 Å². The van der Waals surface area contributed by atoms with Gasteiger partial charge in [0.15, 0.2) is 5.96 Å². The number of guanidine groups is 1. The number of hydrogen-bond donors (Lipinski definition) is 2. The predicted octanol–water partition coefficient (Wildman–Crippen LogP) is 3.47. The number of rotatable bonds is 6. The van der Waals surface area contributed by atoms with Crippen LogP contribution in [0.15, 0.2) is 29.3 Å². The number of nitrogens with two attached hydrogens (primary N) is 1. The Kier molecular flexibility index (Phi) is 9.41. The second kappa shape index (κ2) is 9.87. The van der Waals surface area contributed by atoms with Crippen molar-refractivity contribution in [3.63, 3.8) is 0 Å². The van der Waals surface area contributed by atoms with Crippen molar-refractivity contribution in [2.45, 2.75) is 46.1 Å². The maximum atomic E-state index is 5.79. The van der Waals surface area contributed by atoms with Gasteiger partial charge < -0.3 is 15.8 Å². The number of halogens is 1. The number of ether oxygens (including phenoxy) is 1. The number of aryl methyl sites for hydroxylation is 1. The number of unbranched alkanes of at least 4 members (excludes halogenated alkanes) is 1. The predicted molar refractivity (Wildman–Crippen MR) is 101 cm³/mol. The first-order valence-electron chi connectivity index (χ1n) is 7.14. The monoisotopic (exact) mass is 405 g/mol. The second-order valence-corrected chi connectivity index (χ2v) is 6.01. The van der Waals surface area contributed by atoms with Crippen LogP contribution in [-0.2, 0) is 0 Å². The van der Waals surface area contributed by atoms with E-state index in [1.54, 1.807) is 0 Å². The first-order valence-corrected chi connectivity index (χ1v) is 7.14. The Morgan fingerprint density at radius 3 is 2.38 bits per heavy atom. The molecular weight excluding hydrogens is 377 g/mol. The first kappa shape index (κ1) is 20.0. The standard InChI is InChI=1S/C16H27N3O.HI/c1-13-7-9-14(10-8-13)20-12-6-5-11-18-15(17)19-16(2,3)4;/h7-10H,5-6,11-12H2,1-4H3,(H3,17,18,19);1H. The largest absolute Gasteiger partial charge is 0.494 e. The van der Waals surface area contributed by atoms with E-state index in [-0.39, 0.29) is 29.5 Å². The Balaban J connectivity index is 0.00000400. The van der Waals surface area contributed by atoms with Gasteiger partial charge in [-0.15, -0.1) is 24.0 Å². The summed E-state index contributed by atoms with van der Waals surface area (Å²) in [5.74, 6) is 1.44. The minimum Gasteiger partial charge on any atom is -0.494 e. The molecule has 0 fully saturated rings. The van der Waals surface area contributed by atoms with Crippen molar-refractivity contribution in [1.82, 2.24) is 5.32 Å². The quantitative estimate of drug-likeness (QED) is 0.330. The summed E-state index contributed by atoms with van der Waals surface area (Å²) in [5.41, 5.74) is 6.99. The lowest BCUT2D eigenvalue weighted by Gasteiger charge is -2.20. The number of benzene rings is 1. The topological polar surface area (TPSA) is 59.6 Å². The summed E-state index contributed by atoms with van der Waals surface area (Å²) in [5, 5.41) is 3.14. The van der Waals surface area contributed by atoms with Gasteiger partial charge in [0, 0.05) is 12.1 Å². The SMILES string of the molecule is Cc1ccc(OCCCCN=C(N)NC(C)(C)C)cc1.I. The molecule has 1 aromatic carbocycles. The van der Waals surface area contributed by atoms with E-state index in [0.717, 1.165) is 25.1 Å². The summed E-state index contributed by atoms with van der Waals surface area (Å²) < 4.78 is 5.65. The Bertz CT molecular complexity index is 424. The van der Waals surface area contributed by atoms with E-state index >= 15 is 0 Å². The third-order valence-electron chi connectivity index (χ3n) is 2.63. The summed E-state index contributed by atoms with van der Waals surface area (Å²) in [6.07, 6.45) is 1.94. The lowest BCUT2D eigenvalue weighted by atomic mass is 10.1. The molecule has 0 atom stereocenters. The van der Waals surface area contributed by atoms with Crippen LogP contribution in [0.2, 0.25) is 0 Å². The van der Waals surface area contributed by atoms with Gasteiger partial charge >= 0.3 is 0 Å². The summed E-state index contributed by atoms with van der Waals surface area (Å²) in [4.78, 5) is 4.29. The Morgan fingerprint density at radius 1 is 1.19 bits per heavy atom. The number of nitrogens with zero attached hydrogens (tertiary/aromatic N) is 1. The smallest absolute Gasteiger partial charge is 0.188 e. The maximum Gasteiger partial charge on any atom is 0.188 e. The molecule has 0 aromatic heterocycles. The van der Waals surface area contributed by atoms with Gasteiger partial charge in [-0.2, -0.15) is 0 Å². The summed E-state index contributed by atoms with van der Waals surface area (Å²) >= 11 is 0. The average molecular weight is 405 g/mol. The van der Waals surface area contributed by atoms with Crippen molar-refractivity contribution in [3.05, 3.63) is 29.8 Å². The van der Waals surface area contributed by atoms with Gasteiger partial charge in [0.25, 0.3) is 0 Å². The minimum absolute atomic E-state index is 0. The maximum absolute atomic E-state index is 5.79. The van der Waals surface area contributed by atoms with Gasteiger partial charge in [0.2, 0.25) is 0 Å². The zero-order chi connectivity index (χ0) is 15.0. The second-order valence-electron chi connectivity index (χ2n) is 6.01. The highest BCUT2D eigenvalue weighted by molar-refractivity contribution is 14.0. The van der Waals surface area contributed by atoms with Gasteiger partial charge in [-0.3, -0.25) is 4.99 Å². The lowest BCUT2D eigenvalue weighted by molar-refractivity contribution is 0.308. The Hall–Kier alpha value is -0.980. The normalized spacial score (nSPS) is 11.7. The fourth-order valence-electron chi connectivity index (χ4n) is 1.66. The molecule has 0 aliphatic heterocycles. The summed E-state index contributed by atoms with van der Waals surface area (Å²) in [6.45, 7) is 9.69. The molecule has 0 aliphatic rings. The van der Waals surface area contributed by atoms with Gasteiger partial charge in [-0.25, -0.2) is 0 Å². The highest BCUT2D eigenvalue weighted by Gasteiger charge is 2.09. The average Bonchev–Trinajstić information content (AvgIpc) is 2.33. The Morgan fingerprint density at radius 2 is 1.81 bits per heavy atom. The molecule has 1 aromatic rings. The van der Waals surface area contributed by atoms with Crippen LogP contribution in [0.5, 0.6) is 5.75 Å². The van der Waals surface area contributed by atoms with Crippen molar-refractivity contribution in [3.8, 4) is 5.75 Å². The van der Waals surface area contributed by atoms with E-state index in [4.69, 9.17) is 10.5 Å². The van der Waals surface area contributed by atoms with Crippen molar-refractivity contribution in [2.24, 2.45) is 10.7 Å². The molecule has 4 nitrogen and oxygen atoms in total. The van der Waals surface area contributed by atoms with Crippen LogP contribution >= 0.6 is 24.0 Å². The third kappa shape index (κ3) is 10.4. The zero-order valence-corrected chi connectivity index (χ0v) is 15.8. The first-order chi connectivity index (χ1) is 9.37. The Labute approximate surface area is 145 Å². The molecule has 0 aliphatic carbocycles. The summed E-state index contributed by atoms with van der Waals surface area (Å²) in [6, 6.07) is 8.11. The molecule has 0 spiro atoms. The minimum atomic E-state index is -0.0395. The van der Waals surface area contributed by atoms with Gasteiger partial charge in [0.05, 0.1) is 6.61 Å². The number of aliphatic imine (C=N–C) groups is 1. The van der Waals surface area contributed by atoms with Crippen LogP contribution in [-0.4, -0.2) is 24.7 Å². The van der Waals surface area contributed by atoms with Crippen LogP contribution in [0.4, 0.5) is 0 Å². The van der Waals surface area contributed by atoms with Gasteiger partial charge in [-0.05, 0) is 52.7 Å². The molecule has 0 saturated heterocycles. The van der Waals surface area contributed by atoms with Crippen LogP contribution in [0.3, 0.4) is 0 Å². The van der Waals surface area contributed by atoms with E-state index in [9.17, 15) is 0 Å². The van der Waals surface area contributed by atoms with Crippen molar-refractivity contribution < 1.29 is 4.74 Å². The molecule has 0 heterocycles. The van der Waals surface area contributed by atoms with E-state index < -0.39 is 0 Å². The van der Waals surface area contributed by atoms with E-state index in [0.29, 0.717) is 12.6 Å². The third-order valence-corrected chi connectivity index (χ3v) is 2.63. The molecule has 0 amide bonds. The van der Waals surface area contributed by atoms with Crippen LogP contribution < -0.4 is 15.8 Å². The fraction of sp³-hybridized carbons (Fsp3) is 0.562. The molecule has 1 rings (SSSR count). The fourth-order valence-corrected chi connectivity index (χ4v) is 1.66. The van der Waals surface area contributed by atoms with Gasteiger partial charge in [0.1, 0.15) is 5.75 Å². The van der Waals surface area contributed by atoms with E-state index in [1.807, 2.05) is 12.1 Å². The van der Waals surface area contributed by atoms with Gasteiger partial charge in [-0.1, -0.05) is 17.7 Å². The molecule has 21 heavy (non-hydrogen) atoms. The number of nitrogens with one attached hydrogen (secondary N) is 1. The highest BCUT2D eigenvalue weighted by Crippen LogP contribution is 2.11. The molecule has 0 unspecified atom stereocenters. The van der Waals surface area contributed by atoms with Crippen LogP contribution in [0, 0.1) is 6.92 Å². The summed E-state index contributed by atoms with van der Waals surface area (Å²) in [7, 11) is 0. The molecule has 5 heteroatoms.